The molecule has 1 aromatic carbocycles. The minimum absolute atomic E-state index is 0.0932. The van der Waals surface area contributed by atoms with Gasteiger partial charge in [0.25, 0.3) is 0 Å². The number of nitrogens with one attached hydrogen (secondary N) is 3. The van der Waals surface area contributed by atoms with Crippen molar-refractivity contribution in [3.05, 3.63) is 47.9 Å². The van der Waals surface area contributed by atoms with Crippen LogP contribution in [0.25, 0.3) is 11.0 Å². The summed E-state index contributed by atoms with van der Waals surface area (Å²) in [5.41, 5.74) is 0.0584. The fourth-order valence-corrected chi connectivity index (χ4v) is 5.17. The maximum Gasteiger partial charge on any atom is 0.431 e. The molecule has 0 spiro atoms. The van der Waals surface area contributed by atoms with Crippen LogP contribution in [-0.4, -0.2) is 61.3 Å². The first kappa shape index (κ1) is 21.0. The Kier molecular flexibility index (Phi) is 4.82. The topological polar surface area (TPSA) is 107 Å². The van der Waals surface area contributed by atoms with E-state index in [9.17, 15) is 17.4 Å². The summed E-state index contributed by atoms with van der Waals surface area (Å²) in [4.78, 5) is 12.6. The van der Waals surface area contributed by atoms with Crippen LogP contribution >= 0.6 is 0 Å². The number of rotatable bonds is 4. The minimum atomic E-state index is -4.53. The van der Waals surface area contributed by atoms with E-state index in [1.54, 1.807) is 0 Å². The maximum atomic E-state index is 13.2. The molecule has 2 aliphatic rings. The number of halogens is 3. The van der Waals surface area contributed by atoms with E-state index in [2.05, 4.69) is 25.2 Å². The summed E-state index contributed by atoms with van der Waals surface area (Å²) in [5, 5.41) is 3.34. The van der Waals surface area contributed by atoms with E-state index >= 15 is 0 Å². The third-order valence-corrected chi connectivity index (χ3v) is 7.62. The molecule has 2 aromatic heterocycles. The van der Waals surface area contributed by atoms with Crippen molar-refractivity contribution in [1.29, 1.82) is 4.78 Å². The van der Waals surface area contributed by atoms with Gasteiger partial charge in [0.1, 0.15) is 35.8 Å². The van der Waals surface area contributed by atoms with Gasteiger partial charge in [-0.05, 0) is 12.1 Å². The highest BCUT2D eigenvalue weighted by Gasteiger charge is 2.43. The zero-order chi connectivity index (χ0) is 22.7. The van der Waals surface area contributed by atoms with Gasteiger partial charge >= 0.3 is 6.18 Å². The molecular weight excluding hydrogens is 445 g/mol. The number of aromatic nitrogens is 3. The molecule has 1 fully saturated rings. The predicted molar refractivity (Wildman–Crippen MR) is 113 cm³/mol. The van der Waals surface area contributed by atoms with Crippen LogP contribution in [0.1, 0.15) is 17.3 Å². The second-order valence-electron chi connectivity index (χ2n) is 8.18. The Morgan fingerprint density at radius 2 is 2.03 bits per heavy atom. The summed E-state index contributed by atoms with van der Waals surface area (Å²) in [5.74, 6) is 0.971. The quantitative estimate of drug-likeness (QED) is 0.545. The van der Waals surface area contributed by atoms with E-state index in [0.717, 1.165) is 11.6 Å². The minimum Gasteiger partial charge on any atom is -0.491 e. The second-order valence-corrected chi connectivity index (χ2v) is 10.7. The zero-order valence-electron chi connectivity index (χ0n) is 17.0. The van der Waals surface area contributed by atoms with Crippen molar-refractivity contribution >= 4 is 26.6 Å². The van der Waals surface area contributed by atoms with Gasteiger partial charge in [-0.3, -0.25) is 9.68 Å². The summed E-state index contributed by atoms with van der Waals surface area (Å²) >= 11 is 0. The van der Waals surface area contributed by atoms with Gasteiger partial charge in [0.15, 0.2) is 0 Å². The van der Waals surface area contributed by atoms with Crippen LogP contribution in [0.4, 0.5) is 19.0 Å². The smallest absolute Gasteiger partial charge is 0.431 e. The SMILES string of the molecule is C[S@@](=N)(=O)C1CN(C2COc3ccccc3C2Nc2ncnc3[nH]c(C(F)(F)F)cc23)C1. The number of alkyl halides is 3. The molecule has 3 N–H and O–H groups in total. The van der Waals surface area contributed by atoms with Crippen molar-refractivity contribution in [2.75, 3.05) is 31.3 Å². The number of H-pyrrole nitrogens is 1. The van der Waals surface area contributed by atoms with Gasteiger partial charge in [0.2, 0.25) is 0 Å². The number of fused-ring (bicyclic) bond motifs is 2. The monoisotopic (exact) mass is 466 g/mol. The number of aromatic amines is 1. The van der Waals surface area contributed by atoms with Crippen LogP contribution in [0.15, 0.2) is 36.7 Å². The average Bonchev–Trinajstić information content (AvgIpc) is 3.13. The largest absolute Gasteiger partial charge is 0.491 e. The lowest BCUT2D eigenvalue weighted by Crippen LogP contribution is -2.62. The van der Waals surface area contributed by atoms with Crippen molar-refractivity contribution in [1.82, 2.24) is 19.9 Å². The van der Waals surface area contributed by atoms with Crippen LogP contribution in [-0.2, 0) is 15.9 Å². The molecule has 5 rings (SSSR count). The second kappa shape index (κ2) is 7.34. The molecule has 2 unspecified atom stereocenters. The lowest BCUT2D eigenvalue weighted by molar-refractivity contribution is -0.140. The van der Waals surface area contributed by atoms with Crippen LogP contribution in [0, 0.1) is 4.78 Å². The van der Waals surface area contributed by atoms with E-state index in [-0.39, 0.29) is 34.2 Å². The number of benzene rings is 1. The Balaban J connectivity index is 1.50. The Labute approximate surface area is 182 Å². The molecule has 3 aromatic rings. The van der Waals surface area contributed by atoms with Gasteiger partial charge in [-0.15, -0.1) is 0 Å². The molecule has 8 nitrogen and oxygen atoms in total. The summed E-state index contributed by atoms with van der Waals surface area (Å²) in [6, 6.07) is 7.97. The fraction of sp³-hybridized carbons (Fsp3) is 0.400. The zero-order valence-corrected chi connectivity index (χ0v) is 17.8. The van der Waals surface area contributed by atoms with Crippen molar-refractivity contribution < 1.29 is 22.1 Å². The van der Waals surface area contributed by atoms with Gasteiger partial charge in [-0.25, -0.2) is 14.2 Å². The number of para-hydroxylation sites is 1. The third kappa shape index (κ3) is 3.66. The summed E-state index contributed by atoms with van der Waals surface area (Å²) in [6.45, 7) is 1.34. The van der Waals surface area contributed by atoms with Gasteiger partial charge in [-0.2, -0.15) is 13.2 Å². The molecule has 0 bridgehead atoms. The maximum absolute atomic E-state index is 13.2. The van der Waals surface area contributed by atoms with E-state index < -0.39 is 21.6 Å². The molecule has 32 heavy (non-hydrogen) atoms. The molecule has 0 amide bonds. The number of hydrogen-bond donors (Lipinski definition) is 3. The molecular formula is C20H21F3N6O2S. The van der Waals surface area contributed by atoms with Crippen LogP contribution < -0.4 is 10.1 Å². The Morgan fingerprint density at radius 3 is 2.75 bits per heavy atom. The van der Waals surface area contributed by atoms with Gasteiger partial charge < -0.3 is 15.0 Å². The number of ether oxygens (including phenoxy) is 1. The van der Waals surface area contributed by atoms with Crippen molar-refractivity contribution in [2.24, 2.45) is 0 Å². The summed E-state index contributed by atoms with van der Waals surface area (Å²) in [7, 11) is -2.65. The normalized spacial score (nSPS) is 23.8. The number of anilines is 1. The number of likely N-dealkylation sites (tertiary alicyclic amines) is 1. The van der Waals surface area contributed by atoms with Gasteiger partial charge in [0.05, 0.1) is 22.7 Å². The molecule has 2 aliphatic heterocycles. The van der Waals surface area contributed by atoms with Crippen LogP contribution in [0.2, 0.25) is 0 Å². The highest BCUT2D eigenvalue weighted by molar-refractivity contribution is 7.92. The van der Waals surface area contributed by atoms with E-state index in [1.165, 1.54) is 12.6 Å². The van der Waals surface area contributed by atoms with Crippen LogP contribution in [0.5, 0.6) is 5.75 Å². The molecule has 170 valence electrons. The van der Waals surface area contributed by atoms with Crippen molar-refractivity contribution in [2.45, 2.75) is 23.5 Å². The van der Waals surface area contributed by atoms with Crippen LogP contribution in [0.3, 0.4) is 0 Å². The molecule has 0 saturated carbocycles. The third-order valence-electron chi connectivity index (χ3n) is 6.05. The van der Waals surface area contributed by atoms with Crippen molar-refractivity contribution in [3.63, 3.8) is 0 Å². The lowest BCUT2D eigenvalue weighted by atomic mass is 9.93. The molecule has 1 saturated heterocycles. The first-order chi connectivity index (χ1) is 15.1. The lowest BCUT2D eigenvalue weighted by Gasteiger charge is -2.48. The van der Waals surface area contributed by atoms with Gasteiger partial charge in [-0.1, -0.05) is 18.2 Å². The molecule has 3 atom stereocenters. The highest BCUT2D eigenvalue weighted by atomic mass is 32.2. The number of nitrogens with zero attached hydrogens (tertiary/aromatic N) is 3. The van der Waals surface area contributed by atoms with Crippen molar-refractivity contribution in [3.8, 4) is 5.75 Å². The predicted octanol–water partition coefficient (Wildman–Crippen LogP) is 3.25. The highest BCUT2D eigenvalue weighted by Crippen LogP contribution is 2.40. The van der Waals surface area contributed by atoms with E-state index in [4.69, 9.17) is 9.52 Å². The first-order valence-electron chi connectivity index (χ1n) is 9.97. The summed E-state index contributed by atoms with van der Waals surface area (Å²) < 4.78 is 65.5. The average molecular weight is 466 g/mol. The van der Waals surface area contributed by atoms with E-state index in [0.29, 0.717) is 25.4 Å². The van der Waals surface area contributed by atoms with E-state index in [1.807, 2.05) is 24.3 Å². The molecule has 0 radical (unpaired) electrons. The Hall–Kier alpha value is -2.86. The Morgan fingerprint density at radius 1 is 1.28 bits per heavy atom. The Bertz CT molecular complexity index is 1270. The molecule has 12 heteroatoms. The molecule has 0 aliphatic carbocycles. The first-order valence-corrected chi connectivity index (χ1v) is 12.0. The van der Waals surface area contributed by atoms with Gasteiger partial charge in [0, 0.05) is 34.6 Å². The summed E-state index contributed by atoms with van der Waals surface area (Å²) in [6.07, 6.45) is -1.87. The number of hydrogen-bond acceptors (Lipinski definition) is 7. The fourth-order valence-electron chi connectivity index (χ4n) is 4.22. The standard InChI is InChI=1S/C20H21F3N6O2S/c1-32(24,30)11-7-29(8-11)14-9-31-15-5-3-2-4-12(15)17(14)28-19-13-6-16(20(21,22)23)27-18(13)25-10-26-19/h2-6,10-11,14,17,24H,7-9H2,1H3,(H2,25,26,27,28)/t14?,17?,32-/m1/s1. The molecule has 4 heterocycles.